The third kappa shape index (κ3) is 6.15. The average molecular weight is 433 g/mol. The summed E-state index contributed by atoms with van der Waals surface area (Å²) in [6, 6.07) is -2.08. The van der Waals surface area contributed by atoms with Crippen LogP contribution in [0.2, 0.25) is 0 Å². The smallest absolute Gasteiger partial charge is 0.289 e. The van der Waals surface area contributed by atoms with Gasteiger partial charge in [-0.25, -0.2) is 0 Å². The number of hydrogen-bond donors (Lipinski definition) is 3. The van der Waals surface area contributed by atoms with Crippen LogP contribution in [-0.2, 0) is 19.2 Å². The van der Waals surface area contributed by atoms with E-state index in [4.69, 9.17) is 5.73 Å². The van der Waals surface area contributed by atoms with Crippen molar-refractivity contribution in [3.05, 3.63) is 12.7 Å². The highest BCUT2D eigenvalue weighted by molar-refractivity contribution is 6.38. The summed E-state index contributed by atoms with van der Waals surface area (Å²) in [5, 5.41) is 5.27. The Morgan fingerprint density at radius 1 is 1.03 bits per heavy atom. The van der Waals surface area contributed by atoms with Gasteiger partial charge in [-0.1, -0.05) is 38.2 Å². The maximum absolute atomic E-state index is 13.1. The Kier molecular flexibility index (Phi) is 8.23. The Morgan fingerprint density at radius 2 is 1.74 bits per heavy atom. The Bertz CT molecular complexity index is 700. The predicted octanol–water partition coefficient (Wildman–Crippen LogP) is 1.04. The summed E-state index contributed by atoms with van der Waals surface area (Å²) in [6.45, 7) is 4.22. The van der Waals surface area contributed by atoms with Gasteiger partial charge in [-0.05, 0) is 43.9 Å². The maximum atomic E-state index is 13.1. The van der Waals surface area contributed by atoms with Crippen LogP contribution in [-0.4, -0.2) is 59.6 Å². The molecule has 1 saturated heterocycles. The van der Waals surface area contributed by atoms with Gasteiger partial charge in [0.15, 0.2) is 0 Å². The summed E-state index contributed by atoms with van der Waals surface area (Å²) in [6.07, 6.45) is 10.5. The molecule has 0 aromatic carbocycles. The first-order valence-electron chi connectivity index (χ1n) is 11.7. The number of hydrogen-bond acceptors (Lipinski definition) is 5. The Balaban J connectivity index is 1.62. The molecule has 2 aliphatic carbocycles. The quantitative estimate of drug-likeness (QED) is 0.352. The SMILES string of the molecule is C=CCNC(=O)C(=O)C(CC1CC1)NC(=O)[C@@H]1CCCN1C(=O)[C@@H](N)C1CCCCC1. The number of amides is 3. The molecule has 3 rings (SSSR count). The van der Waals surface area contributed by atoms with Crippen LogP contribution in [0.5, 0.6) is 0 Å². The van der Waals surface area contributed by atoms with Gasteiger partial charge in [-0.15, -0.1) is 6.58 Å². The average Bonchev–Trinajstić information content (AvgIpc) is 3.47. The van der Waals surface area contributed by atoms with Crippen LogP contribution in [0.3, 0.4) is 0 Å². The Labute approximate surface area is 184 Å². The monoisotopic (exact) mass is 432 g/mol. The van der Waals surface area contributed by atoms with Crippen LogP contribution >= 0.6 is 0 Å². The number of ketones is 1. The largest absolute Gasteiger partial charge is 0.346 e. The second-order valence-electron chi connectivity index (χ2n) is 9.22. The van der Waals surface area contributed by atoms with Gasteiger partial charge in [-0.3, -0.25) is 19.2 Å². The van der Waals surface area contributed by atoms with E-state index < -0.39 is 29.8 Å². The van der Waals surface area contributed by atoms with E-state index in [2.05, 4.69) is 17.2 Å². The lowest BCUT2D eigenvalue weighted by Crippen LogP contribution is -2.56. The molecule has 2 saturated carbocycles. The number of likely N-dealkylation sites (tertiary alicyclic amines) is 1. The number of nitrogens with zero attached hydrogens (tertiary/aromatic N) is 1. The van der Waals surface area contributed by atoms with E-state index >= 15 is 0 Å². The highest BCUT2D eigenvalue weighted by atomic mass is 16.2. The molecule has 0 aromatic heterocycles. The fourth-order valence-corrected chi connectivity index (χ4v) is 4.79. The van der Waals surface area contributed by atoms with Gasteiger partial charge in [-0.2, -0.15) is 0 Å². The molecule has 8 nitrogen and oxygen atoms in total. The minimum atomic E-state index is -0.866. The molecule has 172 valence electrons. The molecule has 1 unspecified atom stereocenters. The van der Waals surface area contributed by atoms with Gasteiger partial charge >= 0.3 is 0 Å². The lowest BCUT2D eigenvalue weighted by Gasteiger charge is -2.32. The van der Waals surface area contributed by atoms with Crippen molar-refractivity contribution in [2.45, 2.75) is 82.3 Å². The van der Waals surface area contributed by atoms with Gasteiger partial charge in [0, 0.05) is 13.1 Å². The summed E-state index contributed by atoms with van der Waals surface area (Å²) in [4.78, 5) is 52.5. The molecular formula is C23H36N4O4. The van der Waals surface area contributed by atoms with E-state index in [1.807, 2.05) is 0 Å². The summed E-state index contributed by atoms with van der Waals surface area (Å²) in [7, 11) is 0. The molecule has 3 aliphatic rings. The van der Waals surface area contributed by atoms with Crippen molar-refractivity contribution in [1.82, 2.24) is 15.5 Å². The molecule has 0 spiro atoms. The summed E-state index contributed by atoms with van der Waals surface area (Å²) >= 11 is 0. The normalized spacial score (nSPS) is 23.6. The molecular weight excluding hydrogens is 396 g/mol. The summed E-state index contributed by atoms with van der Waals surface area (Å²) < 4.78 is 0. The van der Waals surface area contributed by atoms with Crippen molar-refractivity contribution in [3.63, 3.8) is 0 Å². The van der Waals surface area contributed by atoms with E-state index in [0.29, 0.717) is 25.3 Å². The van der Waals surface area contributed by atoms with Crippen molar-refractivity contribution < 1.29 is 19.2 Å². The maximum Gasteiger partial charge on any atom is 0.289 e. The van der Waals surface area contributed by atoms with E-state index in [9.17, 15) is 19.2 Å². The molecule has 3 atom stereocenters. The molecule has 0 radical (unpaired) electrons. The molecule has 3 amide bonds. The van der Waals surface area contributed by atoms with Crippen molar-refractivity contribution in [1.29, 1.82) is 0 Å². The van der Waals surface area contributed by atoms with Crippen molar-refractivity contribution >= 4 is 23.5 Å². The summed E-state index contributed by atoms with van der Waals surface area (Å²) in [5.41, 5.74) is 6.31. The molecule has 3 fully saturated rings. The second-order valence-corrected chi connectivity index (χ2v) is 9.22. The Hall–Kier alpha value is -2.22. The minimum Gasteiger partial charge on any atom is -0.346 e. The zero-order valence-corrected chi connectivity index (χ0v) is 18.3. The fourth-order valence-electron chi connectivity index (χ4n) is 4.79. The molecule has 1 heterocycles. The third-order valence-corrected chi connectivity index (χ3v) is 6.81. The van der Waals surface area contributed by atoms with E-state index in [1.165, 1.54) is 12.5 Å². The Morgan fingerprint density at radius 3 is 2.39 bits per heavy atom. The standard InChI is InChI=1S/C23H36N4O4/c1-2-12-25-22(30)20(28)17(14-15-10-11-15)26-21(29)18-9-6-13-27(18)23(31)19(24)16-7-4-3-5-8-16/h2,15-19H,1,3-14,24H2,(H,25,30)(H,26,29)/t17?,18-,19-/m0/s1. The number of nitrogens with two attached hydrogens (primary N) is 1. The van der Waals surface area contributed by atoms with Gasteiger partial charge in [0.1, 0.15) is 6.04 Å². The minimum absolute atomic E-state index is 0.168. The van der Waals surface area contributed by atoms with Crippen LogP contribution in [0.4, 0.5) is 0 Å². The van der Waals surface area contributed by atoms with Crippen LogP contribution in [0.15, 0.2) is 12.7 Å². The lowest BCUT2D eigenvalue weighted by molar-refractivity contribution is -0.143. The van der Waals surface area contributed by atoms with Gasteiger partial charge < -0.3 is 21.3 Å². The highest BCUT2D eigenvalue weighted by Crippen LogP contribution is 2.34. The van der Waals surface area contributed by atoms with Crippen LogP contribution < -0.4 is 16.4 Å². The van der Waals surface area contributed by atoms with Gasteiger partial charge in [0.05, 0.1) is 12.1 Å². The molecule has 4 N–H and O–H groups in total. The highest BCUT2D eigenvalue weighted by Gasteiger charge is 2.40. The van der Waals surface area contributed by atoms with E-state index in [1.54, 1.807) is 4.90 Å². The van der Waals surface area contributed by atoms with Gasteiger partial charge in [0.2, 0.25) is 17.6 Å². The molecule has 31 heavy (non-hydrogen) atoms. The van der Waals surface area contributed by atoms with Crippen LogP contribution in [0, 0.1) is 11.8 Å². The molecule has 8 heteroatoms. The molecule has 0 bridgehead atoms. The summed E-state index contributed by atoms with van der Waals surface area (Å²) in [5.74, 6) is -1.37. The number of carbonyl (C=O) groups excluding carboxylic acids is 4. The number of rotatable bonds is 10. The van der Waals surface area contributed by atoms with Gasteiger partial charge in [0.25, 0.3) is 5.91 Å². The first kappa shape index (κ1) is 23.4. The third-order valence-electron chi connectivity index (χ3n) is 6.81. The first-order chi connectivity index (χ1) is 14.9. The molecule has 1 aliphatic heterocycles. The van der Waals surface area contributed by atoms with Crippen LogP contribution in [0.1, 0.15) is 64.2 Å². The number of Topliss-reactive ketones (excluding diaryl/α,β-unsaturated/α-hetero) is 1. The van der Waals surface area contributed by atoms with E-state index in [0.717, 1.165) is 44.9 Å². The van der Waals surface area contributed by atoms with Crippen molar-refractivity contribution in [2.24, 2.45) is 17.6 Å². The van der Waals surface area contributed by atoms with Crippen molar-refractivity contribution in [2.75, 3.05) is 13.1 Å². The zero-order valence-electron chi connectivity index (χ0n) is 18.3. The second kappa shape index (κ2) is 10.9. The fraction of sp³-hybridized carbons (Fsp3) is 0.739. The number of nitrogens with one attached hydrogen (secondary N) is 2. The molecule has 0 aromatic rings. The topological polar surface area (TPSA) is 122 Å². The van der Waals surface area contributed by atoms with Crippen molar-refractivity contribution in [3.8, 4) is 0 Å². The zero-order chi connectivity index (χ0) is 22.4. The van der Waals surface area contributed by atoms with E-state index in [-0.39, 0.29) is 24.3 Å². The first-order valence-corrected chi connectivity index (χ1v) is 11.7. The lowest BCUT2D eigenvalue weighted by atomic mass is 9.83. The number of carbonyl (C=O) groups is 4. The van der Waals surface area contributed by atoms with Crippen LogP contribution in [0.25, 0.3) is 0 Å². The predicted molar refractivity (Wildman–Crippen MR) is 117 cm³/mol.